The zero-order chi connectivity index (χ0) is 19.9. The van der Waals surface area contributed by atoms with Gasteiger partial charge in [-0.3, -0.25) is 0 Å². The van der Waals surface area contributed by atoms with E-state index in [4.69, 9.17) is 0 Å². The van der Waals surface area contributed by atoms with Crippen molar-refractivity contribution in [2.24, 2.45) is 0 Å². The Morgan fingerprint density at radius 3 is 0.750 bits per heavy atom. The van der Waals surface area contributed by atoms with Crippen molar-refractivity contribution in [2.45, 2.75) is 98.2 Å². The molecule has 0 radical (unpaired) electrons. The third kappa shape index (κ3) is 8.59. The van der Waals surface area contributed by atoms with Crippen LogP contribution in [-0.4, -0.2) is 44.8 Å². The lowest BCUT2D eigenvalue weighted by molar-refractivity contribution is 1.67. The van der Waals surface area contributed by atoms with Crippen LogP contribution in [0.25, 0.3) is 0 Å². The highest BCUT2D eigenvalue weighted by atomic mass is 32.7. The second-order valence-electron chi connectivity index (χ2n) is 12.4. The lowest BCUT2D eigenvalue weighted by Crippen LogP contribution is -2.38. The van der Waals surface area contributed by atoms with E-state index < -0.39 is 39.0 Å². The summed E-state index contributed by atoms with van der Waals surface area (Å²) >= 11 is 0. The third-order valence-corrected chi connectivity index (χ3v) is 98.8. The van der Waals surface area contributed by atoms with Crippen LogP contribution in [0.5, 0.6) is 0 Å². The molecule has 24 heavy (non-hydrogen) atoms. The van der Waals surface area contributed by atoms with E-state index in [9.17, 15) is 0 Å². The van der Waals surface area contributed by atoms with Crippen molar-refractivity contribution >= 4 is 59.7 Å². The van der Waals surface area contributed by atoms with Gasteiger partial charge in [0, 0.05) is 8.07 Å². The minimum absolute atomic E-state index is 0.310. The van der Waals surface area contributed by atoms with E-state index in [0.717, 1.165) is 0 Å². The molecule has 0 fully saturated rings. The first-order valence-corrected chi connectivity index (χ1v) is 36.2. The summed E-state index contributed by atoms with van der Waals surface area (Å²) in [6.07, 6.45) is 0. The van der Waals surface area contributed by atoms with Gasteiger partial charge in [-0.15, -0.1) is 13.4 Å². The summed E-state index contributed by atoms with van der Waals surface area (Å²) in [5.74, 6) is 1.70. The predicted octanol–water partition coefficient (Wildman–Crippen LogP) is 9.48. The molecule has 8 heteroatoms. The SMILES string of the molecule is C[Si](C)(C)CP(P([Si](C)(C)C)[Si](C)(C)C)P([Si](C)(C)C)[Si](C)(C)C. The van der Waals surface area contributed by atoms with E-state index in [1.807, 2.05) is 0 Å². The van der Waals surface area contributed by atoms with Crippen molar-refractivity contribution in [3.05, 3.63) is 0 Å². The van der Waals surface area contributed by atoms with E-state index in [0.29, 0.717) is 20.7 Å². The molecular weight excluding hydrogens is 426 g/mol. The van der Waals surface area contributed by atoms with Gasteiger partial charge in [0.05, 0.1) is 31.0 Å². The lowest BCUT2D eigenvalue weighted by atomic mass is 11.8. The fourth-order valence-electron chi connectivity index (χ4n) is 4.05. The molecular formula is C16H47P3Si5. The fourth-order valence-corrected chi connectivity index (χ4v) is 165. The van der Waals surface area contributed by atoms with Crippen molar-refractivity contribution < 1.29 is 0 Å². The van der Waals surface area contributed by atoms with Gasteiger partial charge in [0.2, 0.25) is 0 Å². The molecule has 0 saturated carbocycles. The van der Waals surface area contributed by atoms with E-state index in [-0.39, 0.29) is 0 Å². The Balaban J connectivity index is 6.44. The monoisotopic (exact) mass is 472 g/mol. The van der Waals surface area contributed by atoms with E-state index >= 15 is 0 Å². The van der Waals surface area contributed by atoms with Gasteiger partial charge in [0.25, 0.3) is 0 Å². The van der Waals surface area contributed by atoms with Gasteiger partial charge in [0.1, 0.15) is 0 Å². The minimum Gasteiger partial charge on any atom is -0.102 e. The summed E-state index contributed by atoms with van der Waals surface area (Å²) in [6.45, 7) is 41.5. The molecule has 0 N–H and O–H groups in total. The Morgan fingerprint density at radius 1 is 0.417 bits per heavy atom. The second kappa shape index (κ2) is 8.40. The van der Waals surface area contributed by atoms with Gasteiger partial charge in [-0.1, -0.05) is 106 Å². The molecule has 0 unspecified atom stereocenters. The van der Waals surface area contributed by atoms with E-state index in [2.05, 4.69) is 98.2 Å². The Hall–Kier alpha value is 2.37. The molecule has 0 aliphatic heterocycles. The van der Waals surface area contributed by atoms with Crippen LogP contribution in [0.4, 0.5) is 0 Å². The molecule has 0 nitrogen and oxygen atoms in total. The van der Waals surface area contributed by atoms with Gasteiger partial charge in [-0.2, -0.15) is 0 Å². The molecule has 0 heterocycles. The number of rotatable bonds is 8. The molecule has 146 valence electrons. The highest BCUT2D eigenvalue weighted by molar-refractivity contribution is 8.84. The molecule has 0 bridgehead atoms. The molecule has 0 amide bonds. The Morgan fingerprint density at radius 2 is 0.625 bits per heavy atom. The minimum atomic E-state index is -1.07. The van der Waals surface area contributed by atoms with Gasteiger partial charge < -0.3 is 0 Å². The predicted molar refractivity (Wildman–Crippen MR) is 142 cm³/mol. The van der Waals surface area contributed by atoms with E-state index in [1.165, 1.54) is 0 Å². The van der Waals surface area contributed by atoms with Crippen LogP contribution in [0.15, 0.2) is 0 Å². The lowest BCUT2D eigenvalue weighted by Gasteiger charge is -2.55. The summed E-state index contributed by atoms with van der Waals surface area (Å²) in [7, 11) is -4.97. The van der Waals surface area contributed by atoms with Gasteiger partial charge in [0.15, 0.2) is 0 Å². The first-order valence-electron chi connectivity index (χ1n) is 9.46. The zero-order valence-corrected chi connectivity index (χ0v) is 27.2. The summed E-state index contributed by atoms with van der Waals surface area (Å²) in [5, 5.41) is 0. The van der Waals surface area contributed by atoms with Gasteiger partial charge in [-0.25, -0.2) is 0 Å². The maximum Gasteiger partial charge on any atom is 0.0731 e. The van der Waals surface area contributed by atoms with Crippen LogP contribution in [0, 0.1) is 0 Å². The van der Waals surface area contributed by atoms with Crippen LogP contribution in [0.1, 0.15) is 0 Å². The molecule has 0 aliphatic rings. The number of hydrogen-bond donors (Lipinski definition) is 0. The molecule has 0 aromatic carbocycles. The quantitative estimate of drug-likeness (QED) is 0.244. The van der Waals surface area contributed by atoms with Crippen molar-refractivity contribution in [3.63, 3.8) is 0 Å². The van der Waals surface area contributed by atoms with Crippen molar-refractivity contribution in [1.82, 2.24) is 0 Å². The van der Waals surface area contributed by atoms with Crippen LogP contribution in [0.2, 0.25) is 98.2 Å². The van der Waals surface area contributed by atoms with Crippen LogP contribution in [-0.2, 0) is 0 Å². The maximum absolute atomic E-state index is 2.73. The smallest absolute Gasteiger partial charge is 0.0731 e. The van der Waals surface area contributed by atoms with Gasteiger partial charge >= 0.3 is 0 Å². The van der Waals surface area contributed by atoms with Crippen LogP contribution >= 0.6 is 20.7 Å². The average Bonchev–Trinajstić information content (AvgIpc) is 2.01. The highest BCUT2D eigenvalue weighted by Crippen LogP contribution is 2.95. The molecule has 0 aromatic heterocycles. The van der Waals surface area contributed by atoms with Gasteiger partial charge in [-0.05, 0) is 5.79 Å². The molecule has 0 aliphatic carbocycles. The molecule has 0 aromatic rings. The molecule has 0 spiro atoms. The number of hydrogen-bond acceptors (Lipinski definition) is 0. The topological polar surface area (TPSA) is 0 Å². The Labute approximate surface area is 163 Å². The molecule has 0 atom stereocenters. The molecule has 0 rings (SSSR count). The third-order valence-electron chi connectivity index (χ3n) is 3.62. The maximum atomic E-state index is 2.73. The average molecular weight is 473 g/mol. The summed E-state index contributed by atoms with van der Waals surface area (Å²) < 4.78 is 0. The van der Waals surface area contributed by atoms with Crippen molar-refractivity contribution in [1.29, 1.82) is 0 Å². The Bertz CT molecular complexity index is 348. The van der Waals surface area contributed by atoms with Crippen molar-refractivity contribution in [3.8, 4) is 0 Å². The normalized spacial score (nSPS) is 15.8. The summed E-state index contributed by atoms with van der Waals surface area (Å²) in [5.41, 5.74) is 0. The van der Waals surface area contributed by atoms with E-state index in [1.54, 1.807) is 5.79 Å². The highest BCUT2D eigenvalue weighted by Gasteiger charge is 2.51. The van der Waals surface area contributed by atoms with Crippen LogP contribution < -0.4 is 0 Å². The summed E-state index contributed by atoms with van der Waals surface area (Å²) in [6, 6.07) is 0. The largest absolute Gasteiger partial charge is 0.102 e. The van der Waals surface area contributed by atoms with Crippen molar-refractivity contribution in [2.75, 3.05) is 5.79 Å². The first kappa shape index (κ1) is 26.4. The fraction of sp³-hybridized carbons (Fsp3) is 1.00. The summed E-state index contributed by atoms with van der Waals surface area (Å²) in [4.78, 5) is 0. The Kier molecular flexibility index (Phi) is 9.23. The standard InChI is InChI=1S/C16H47P3Si5/c1-20(2,3)16-17(18(21(4,5)6)22(7,8)9)19(23(10,11)12)24(13,14)15/h16H2,1-15H3. The zero-order valence-electron chi connectivity index (χ0n) is 19.5. The molecule has 0 saturated heterocycles. The first-order chi connectivity index (χ1) is 10.1. The second-order valence-corrected chi connectivity index (χ2v) is 73.1. The van der Waals surface area contributed by atoms with Crippen LogP contribution in [0.3, 0.4) is 0 Å².